The second-order valence-electron chi connectivity index (χ2n) is 9.62. The molecule has 5 rings (SSSR count). The molecule has 0 bridgehead atoms. The van der Waals surface area contributed by atoms with Gasteiger partial charge in [0.25, 0.3) is 5.91 Å². The second kappa shape index (κ2) is 11.6. The Hall–Kier alpha value is -3.84. The van der Waals surface area contributed by atoms with Crippen LogP contribution in [0.15, 0.2) is 52.5 Å². The van der Waals surface area contributed by atoms with E-state index in [1.165, 1.54) is 28.6 Å². The van der Waals surface area contributed by atoms with Crippen LogP contribution in [-0.4, -0.2) is 62.4 Å². The van der Waals surface area contributed by atoms with Gasteiger partial charge in [0.05, 0.1) is 34.6 Å². The lowest BCUT2D eigenvalue weighted by molar-refractivity contribution is -0.138. The molecule has 0 saturated carbocycles. The molecule has 0 atom stereocenters. The highest BCUT2D eigenvalue weighted by Crippen LogP contribution is 2.35. The number of hydrogen-bond acceptors (Lipinski definition) is 6. The zero-order valence-electron chi connectivity index (χ0n) is 21.3. The van der Waals surface area contributed by atoms with E-state index in [1.807, 2.05) is 4.90 Å². The van der Waals surface area contributed by atoms with Gasteiger partial charge in [0.15, 0.2) is 5.17 Å². The van der Waals surface area contributed by atoms with E-state index in [0.29, 0.717) is 52.6 Å². The number of carboxylic acids is 1. The Morgan fingerprint density at radius 1 is 1.20 bits per heavy atom. The third kappa shape index (κ3) is 6.57. The molecule has 0 aliphatic carbocycles. The van der Waals surface area contributed by atoms with Crippen molar-refractivity contribution >= 4 is 63.3 Å². The van der Waals surface area contributed by atoms with Crippen molar-refractivity contribution in [3.63, 3.8) is 0 Å². The maximum atomic E-state index is 13.5. The standard InChI is InChI=1S/C27H23ClF3N5O4S/c28-19-5-4-16(20(10-19)27(29,30)31)14-36-21-6-3-15(8-17(21)11-33-36)9-22-25(40)34-26(41-22)35-12-18(13-35)24(39)32-7-1-2-23(37)38/h3-6,8-11,18H,1-2,7,12-14H2,(H,32,39)(H,37,38). The molecule has 2 N–H and O–H groups in total. The molecule has 41 heavy (non-hydrogen) atoms. The molecule has 9 nitrogen and oxygen atoms in total. The SMILES string of the molecule is O=C(O)CCCNC(=O)C1CN(C2=NC(=O)C(=Cc3ccc4c(cnn4Cc4ccc(Cl)cc4C(F)(F)F)c3)S2)C1. The smallest absolute Gasteiger partial charge is 0.416 e. The fraction of sp³-hybridized carbons (Fsp3) is 0.296. The average molecular weight is 606 g/mol. The van der Waals surface area contributed by atoms with Gasteiger partial charge >= 0.3 is 12.1 Å². The van der Waals surface area contributed by atoms with Gasteiger partial charge in [0.1, 0.15) is 0 Å². The lowest BCUT2D eigenvalue weighted by Gasteiger charge is -2.38. The van der Waals surface area contributed by atoms with Gasteiger partial charge in [-0.25, -0.2) is 0 Å². The minimum Gasteiger partial charge on any atom is -0.481 e. The number of carbonyl (C=O) groups is 3. The summed E-state index contributed by atoms with van der Waals surface area (Å²) in [5.41, 5.74) is 0.562. The van der Waals surface area contributed by atoms with Crippen LogP contribution in [0, 0.1) is 5.92 Å². The zero-order valence-corrected chi connectivity index (χ0v) is 22.9. The summed E-state index contributed by atoms with van der Waals surface area (Å²) in [5.74, 6) is -1.72. The van der Waals surface area contributed by atoms with Gasteiger partial charge in [0, 0.05) is 36.5 Å². The van der Waals surface area contributed by atoms with Crippen LogP contribution in [0.5, 0.6) is 0 Å². The monoisotopic (exact) mass is 605 g/mol. The molecule has 214 valence electrons. The van der Waals surface area contributed by atoms with Crippen molar-refractivity contribution in [2.24, 2.45) is 10.9 Å². The molecule has 0 spiro atoms. The van der Waals surface area contributed by atoms with Crippen molar-refractivity contribution in [2.75, 3.05) is 19.6 Å². The number of rotatable bonds is 8. The number of nitrogens with zero attached hydrogens (tertiary/aromatic N) is 4. The van der Waals surface area contributed by atoms with Gasteiger partial charge in [-0.2, -0.15) is 23.3 Å². The number of nitrogens with one attached hydrogen (secondary N) is 1. The Morgan fingerprint density at radius 2 is 1.98 bits per heavy atom. The molecule has 14 heteroatoms. The predicted octanol–water partition coefficient (Wildman–Crippen LogP) is 4.64. The molecule has 3 aromatic rings. The Balaban J connectivity index is 1.21. The van der Waals surface area contributed by atoms with Crippen LogP contribution in [0.4, 0.5) is 13.2 Å². The zero-order chi connectivity index (χ0) is 29.3. The first-order valence-corrected chi connectivity index (χ1v) is 13.8. The number of carbonyl (C=O) groups excluding carboxylic acids is 2. The highest BCUT2D eigenvalue weighted by atomic mass is 35.5. The number of hydrogen-bond donors (Lipinski definition) is 2. The van der Waals surface area contributed by atoms with Crippen LogP contribution in [0.1, 0.15) is 29.5 Å². The summed E-state index contributed by atoms with van der Waals surface area (Å²) in [5, 5.41) is 16.9. The maximum absolute atomic E-state index is 13.5. The molecule has 1 aromatic heterocycles. The number of amidine groups is 1. The summed E-state index contributed by atoms with van der Waals surface area (Å²) in [6.45, 7) is 1.01. The van der Waals surface area contributed by atoms with E-state index in [0.717, 1.165) is 6.07 Å². The van der Waals surface area contributed by atoms with Crippen molar-refractivity contribution in [2.45, 2.75) is 25.6 Å². The van der Waals surface area contributed by atoms with Crippen LogP contribution in [0.3, 0.4) is 0 Å². The third-order valence-electron chi connectivity index (χ3n) is 6.66. The third-order valence-corrected chi connectivity index (χ3v) is 7.94. The number of aliphatic imine (C=N–C) groups is 1. The molecule has 1 saturated heterocycles. The van der Waals surface area contributed by atoms with Crippen LogP contribution >= 0.6 is 23.4 Å². The summed E-state index contributed by atoms with van der Waals surface area (Å²) in [6.07, 6.45) is -0.964. The van der Waals surface area contributed by atoms with Crippen molar-refractivity contribution in [1.29, 1.82) is 0 Å². The van der Waals surface area contributed by atoms with Crippen LogP contribution in [0.2, 0.25) is 5.02 Å². The highest BCUT2D eigenvalue weighted by Gasteiger charge is 2.38. The van der Waals surface area contributed by atoms with Crippen molar-refractivity contribution in [3.8, 4) is 0 Å². The topological polar surface area (TPSA) is 117 Å². The minimum absolute atomic E-state index is 0.0000633. The number of amides is 2. The van der Waals surface area contributed by atoms with Gasteiger partial charge in [-0.05, 0) is 59.7 Å². The number of aliphatic carboxylic acids is 1. The van der Waals surface area contributed by atoms with E-state index in [2.05, 4.69) is 15.4 Å². The quantitative estimate of drug-likeness (QED) is 0.284. The Morgan fingerprint density at radius 3 is 2.71 bits per heavy atom. The fourth-order valence-electron chi connectivity index (χ4n) is 4.51. The number of aromatic nitrogens is 2. The van der Waals surface area contributed by atoms with Crippen molar-refractivity contribution in [1.82, 2.24) is 20.0 Å². The first kappa shape index (κ1) is 28.7. The van der Waals surface area contributed by atoms with Gasteiger partial charge in [-0.15, -0.1) is 0 Å². The first-order valence-electron chi connectivity index (χ1n) is 12.6. The molecule has 2 amide bonds. The van der Waals surface area contributed by atoms with Crippen LogP contribution in [-0.2, 0) is 27.1 Å². The molecular weight excluding hydrogens is 583 g/mol. The van der Waals surface area contributed by atoms with E-state index in [1.54, 1.807) is 30.5 Å². The maximum Gasteiger partial charge on any atom is 0.416 e. The molecular formula is C27H23ClF3N5O4S. The van der Waals surface area contributed by atoms with E-state index < -0.39 is 23.6 Å². The summed E-state index contributed by atoms with van der Waals surface area (Å²) in [7, 11) is 0. The van der Waals surface area contributed by atoms with Gasteiger partial charge in [-0.3, -0.25) is 19.1 Å². The van der Waals surface area contributed by atoms with Gasteiger partial charge in [-0.1, -0.05) is 23.7 Å². The molecule has 0 radical (unpaired) electrons. The van der Waals surface area contributed by atoms with E-state index in [-0.39, 0.29) is 35.4 Å². The predicted molar refractivity (Wildman–Crippen MR) is 148 cm³/mol. The molecule has 1 fully saturated rings. The first-order chi connectivity index (χ1) is 19.5. The molecule has 2 aliphatic rings. The van der Waals surface area contributed by atoms with Crippen LogP contribution < -0.4 is 5.32 Å². The summed E-state index contributed by atoms with van der Waals surface area (Å²) < 4.78 is 42.0. The number of fused-ring (bicyclic) bond motifs is 1. The highest BCUT2D eigenvalue weighted by molar-refractivity contribution is 8.18. The Labute approximate surface area is 241 Å². The van der Waals surface area contributed by atoms with Gasteiger partial charge < -0.3 is 15.3 Å². The molecule has 2 aromatic carbocycles. The number of thioether (sulfide) groups is 1. The minimum atomic E-state index is -4.55. The van der Waals surface area contributed by atoms with Crippen molar-refractivity contribution < 1.29 is 32.7 Å². The Bertz CT molecular complexity index is 1600. The Kier molecular flexibility index (Phi) is 8.09. The molecule has 0 unspecified atom stereocenters. The number of carboxylic acid groups (broad SMARTS) is 1. The summed E-state index contributed by atoms with van der Waals surface area (Å²) >= 11 is 6.99. The molecule has 2 aliphatic heterocycles. The summed E-state index contributed by atoms with van der Waals surface area (Å²) in [6, 6.07) is 8.93. The average Bonchev–Trinajstić information content (AvgIpc) is 3.43. The summed E-state index contributed by atoms with van der Waals surface area (Å²) in [4.78, 5) is 41.7. The van der Waals surface area contributed by atoms with Gasteiger partial charge in [0.2, 0.25) is 5.91 Å². The lowest BCUT2D eigenvalue weighted by atomic mass is 10.00. The van der Waals surface area contributed by atoms with Crippen molar-refractivity contribution in [3.05, 3.63) is 69.2 Å². The largest absolute Gasteiger partial charge is 0.481 e. The van der Waals surface area contributed by atoms with E-state index >= 15 is 0 Å². The lowest BCUT2D eigenvalue weighted by Crippen LogP contribution is -2.55. The number of halogens is 4. The van der Waals surface area contributed by atoms with E-state index in [9.17, 15) is 27.6 Å². The number of alkyl halides is 3. The fourth-order valence-corrected chi connectivity index (χ4v) is 5.62. The second-order valence-corrected chi connectivity index (χ2v) is 11.1. The number of benzene rings is 2. The van der Waals surface area contributed by atoms with Crippen LogP contribution in [0.25, 0.3) is 17.0 Å². The number of likely N-dealkylation sites (tertiary alicyclic amines) is 1. The molecule has 3 heterocycles. The van der Waals surface area contributed by atoms with E-state index in [4.69, 9.17) is 16.7 Å². The normalized spacial score (nSPS) is 16.8.